The molecule has 4 heteroatoms. The molecule has 0 aliphatic carbocycles. The van der Waals surface area contributed by atoms with Crippen molar-refractivity contribution >= 4 is 5.82 Å². The largest absolute Gasteiger partial charge is 0.384 e. The highest BCUT2D eigenvalue weighted by Gasteiger charge is 2.08. The Morgan fingerprint density at radius 2 is 1.82 bits per heavy atom. The van der Waals surface area contributed by atoms with E-state index < -0.39 is 0 Å². The van der Waals surface area contributed by atoms with Crippen molar-refractivity contribution in [3.63, 3.8) is 0 Å². The zero-order valence-corrected chi connectivity index (χ0v) is 11.4. The molecule has 0 bridgehead atoms. The van der Waals surface area contributed by atoms with E-state index in [0.29, 0.717) is 0 Å². The standard InChI is InChI=1S/C13H26N4/c1-4-6-8-17(9-7-5-2)11-12-10-13(14)16(3)15-12/h10H,4-9,11,14H2,1-3H3. The summed E-state index contributed by atoms with van der Waals surface area (Å²) in [6, 6.07) is 1.98. The molecule has 0 saturated carbocycles. The third kappa shape index (κ3) is 4.77. The van der Waals surface area contributed by atoms with Gasteiger partial charge >= 0.3 is 0 Å². The molecule has 17 heavy (non-hydrogen) atoms. The predicted octanol–water partition coefficient (Wildman–Crippen LogP) is 2.40. The van der Waals surface area contributed by atoms with Crippen molar-refractivity contribution in [1.29, 1.82) is 0 Å². The van der Waals surface area contributed by atoms with Crippen LogP contribution in [0.15, 0.2) is 6.07 Å². The maximum atomic E-state index is 5.80. The van der Waals surface area contributed by atoms with Gasteiger partial charge in [-0.15, -0.1) is 0 Å². The minimum Gasteiger partial charge on any atom is -0.384 e. The van der Waals surface area contributed by atoms with Gasteiger partial charge in [0.15, 0.2) is 0 Å². The number of hydrogen-bond acceptors (Lipinski definition) is 3. The molecule has 1 aromatic rings. The number of aryl methyl sites for hydroxylation is 1. The second-order valence-corrected chi connectivity index (χ2v) is 4.67. The lowest BCUT2D eigenvalue weighted by atomic mass is 10.2. The summed E-state index contributed by atoms with van der Waals surface area (Å²) in [4.78, 5) is 2.48. The zero-order chi connectivity index (χ0) is 12.7. The van der Waals surface area contributed by atoms with Crippen LogP contribution in [0, 0.1) is 0 Å². The number of anilines is 1. The van der Waals surface area contributed by atoms with Crippen molar-refractivity contribution < 1.29 is 0 Å². The summed E-state index contributed by atoms with van der Waals surface area (Å²) in [6.45, 7) is 7.71. The van der Waals surface area contributed by atoms with Gasteiger partial charge in [0.25, 0.3) is 0 Å². The van der Waals surface area contributed by atoms with Gasteiger partial charge in [0, 0.05) is 19.7 Å². The topological polar surface area (TPSA) is 47.1 Å². The Balaban J connectivity index is 2.51. The molecule has 0 unspecified atom stereocenters. The smallest absolute Gasteiger partial charge is 0.121 e. The lowest BCUT2D eigenvalue weighted by Gasteiger charge is -2.20. The van der Waals surface area contributed by atoms with Crippen molar-refractivity contribution in [2.75, 3.05) is 18.8 Å². The number of aromatic nitrogens is 2. The normalized spacial score (nSPS) is 11.3. The molecule has 0 atom stereocenters. The number of nitrogens with zero attached hydrogens (tertiary/aromatic N) is 3. The number of hydrogen-bond donors (Lipinski definition) is 1. The quantitative estimate of drug-likeness (QED) is 0.756. The highest BCUT2D eigenvalue weighted by Crippen LogP contribution is 2.09. The third-order valence-electron chi connectivity index (χ3n) is 3.01. The fraction of sp³-hybridized carbons (Fsp3) is 0.769. The van der Waals surface area contributed by atoms with Crippen LogP contribution in [-0.4, -0.2) is 27.8 Å². The molecule has 0 spiro atoms. The van der Waals surface area contributed by atoms with Gasteiger partial charge in [0.1, 0.15) is 5.82 Å². The maximum absolute atomic E-state index is 5.80. The first kappa shape index (κ1) is 14.0. The van der Waals surface area contributed by atoms with E-state index in [9.17, 15) is 0 Å². The summed E-state index contributed by atoms with van der Waals surface area (Å²) in [7, 11) is 1.89. The minimum atomic E-state index is 0.742. The molecular formula is C13H26N4. The predicted molar refractivity (Wildman–Crippen MR) is 72.7 cm³/mol. The lowest BCUT2D eigenvalue weighted by Crippen LogP contribution is -2.25. The molecule has 1 rings (SSSR count). The SMILES string of the molecule is CCCCN(CCCC)Cc1cc(N)n(C)n1. The summed E-state index contributed by atoms with van der Waals surface area (Å²) in [6.07, 6.45) is 5.00. The zero-order valence-electron chi connectivity index (χ0n) is 11.4. The lowest BCUT2D eigenvalue weighted by molar-refractivity contribution is 0.253. The van der Waals surface area contributed by atoms with E-state index in [1.165, 1.54) is 25.7 Å². The number of unbranched alkanes of at least 4 members (excludes halogenated alkanes) is 2. The van der Waals surface area contributed by atoms with Crippen LogP contribution in [0.2, 0.25) is 0 Å². The Labute approximate surface area is 105 Å². The van der Waals surface area contributed by atoms with E-state index in [1.807, 2.05) is 13.1 Å². The maximum Gasteiger partial charge on any atom is 0.121 e. The fourth-order valence-electron chi connectivity index (χ4n) is 1.88. The van der Waals surface area contributed by atoms with Gasteiger partial charge in [-0.1, -0.05) is 26.7 Å². The summed E-state index contributed by atoms with van der Waals surface area (Å²) < 4.78 is 1.74. The van der Waals surface area contributed by atoms with Crippen molar-refractivity contribution in [3.05, 3.63) is 11.8 Å². The van der Waals surface area contributed by atoms with E-state index in [0.717, 1.165) is 31.1 Å². The van der Waals surface area contributed by atoms with Crippen LogP contribution in [0.3, 0.4) is 0 Å². The molecule has 0 fully saturated rings. The monoisotopic (exact) mass is 238 g/mol. The summed E-state index contributed by atoms with van der Waals surface area (Å²) >= 11 is 0. The van der Waals surface area contributed by atoms with Gasteiger partial charge in [0.05, 0.1) is 5.69 Å². The number of nitrogens with two attached hydrogens (primary N) is 1. The molecule has 0 aliphatic rings. The molecule has 0 amide bonds. The molecule has 2 N–H and O–H groups in total. The molecule has 0 aliphatic heterocycles. The molecular weight excluding hydrogens is 212 g/mol. The second kappa shape index (κ2) is 7.33. The molecule has 0 aromatic carbocycles. The van der Waals surface area contributed by atoms with Crippen LogP contribution in [0.5, 0.6) is 0 Å². The molecule has 1 aromatic heterocycles. The third-order valence-corrected chi connectivity index (χ3v) is 3.01. The number of nitrogen functional groups attached to an aromatic ring is 1. The average Bonchev–Trinajstić information content (AvgIpc) is 2.62. The van der Waals surface area contributed by atoms with Crippen LogP contribution in [0.1, 0.15) is 45.2 Å². The van der Waals surface area contributed by atoms with E-state index in [1.54, 1.807) is 4.68 Å². The van der Waals surface area contributed by atoms with Crippen LogP contribution in [0.4, 0.5) is 5.82 Å². The minimum absolute atomic E-state index is 0.742. The Kier molecular flexibility index (Phi) is 6.05. The Hall–Kier alpha value is -1.03. The second-order valence-electron chi connectivity index (χ2n) is 4.67. The van der Waals surface area contributed by atoms with Gasteiger partial charge in [-0.2, -0.15) is 5.10 Å². The van der Waals surface area contributed by atoms with E-state index in [-0.39, 0.29) is 0 Å². The molecule has 98 valence electrons. The van der Waals surface area contributed by atoms with E-state index in [2.05, 4.69) is 23.8 Å². The van der Waals surface area contributed by atoms with Gasteiger partial charge in [-0.3, -0.25) is 9.58 Å². The number of rotatable bonds is 8. The first-order chi connectivity index (χ1) is 8.17. The highest BCUT2D eigenvalue weighted by atomic mass is 15.3. The molecule has 0 saturated heterocycles. The highest BCUT2D eigenvalue weighted by molar-refractivity contribution is 5.30. The van der Waals surface area contributed by atoms with Crippen LogP contribution in [-0.2, 0) is 13.6 Å². The van der Waals surface area contributed by atoms with E-state index >= 15 is 0 Å². The summed E-state index contributed by atoms with van der Waals surface area (Å²) in [5, 5.41) is 4.42. The summed E-state index contributed by atoms with van der Waals surface area (Å²) in [5.74, 6) is 0.742. The van der Waals surface area contributed by atoms with Gasteiger partial charge in [-0.25, -0.2) is 0 Å². The Morgan fingerprint density at radius 1 is 1.24 bits per heavy atom. The van der Waals surface area contributed by atoms with Crippen LogP contribution < -0.4 is 5.73 Å². The van der Waals surface area contributed by atoms with E-state index in [4.69, 9.17) is 5.73 Å². The Bertz CT molecular complexity index is 292. The average molecular weight is 238 g/mol. The van der Waals surface area contributed by atoms with Crippen LogP contribution in [0.25, 0.3) is 0 Å². The van der Waals surface area contributed by atoms with Crippen molar-refractivity contribution in [1.82, 2.24) is 14.7 Å². The van der Waals surface area contributed by atoms with Crippen molar-refractivity contribution in [2.24, 2.45) is 7.05 Å². The van der Waals surface area contributed by atoms with Crippen LogP contribution >= 0.6 is 0 Å². The first-order valence-corrected chi connectivity index (χ1v) is 6.68. The van der Waals surface area contributed by atoms with Gasteiger partial charge in [-0.05, 0) is 25.9 Å². The summed E-state index contributed by atoms with van der Waals surface area (Å²) in [5.41, 5.74) is 6.88. The molecule has 4 nitrogen and oxygen atoms in total. The van der Waals surface area contributed by atoms with Crippen molar-refractivity contribution in [2.45, 2.75) is 46.1 Å². The molecule has 0 radical (unpaired) electrons. The van der Waals surface area contributed by atoms with Gasteiger partial charge in [0.2, 0.25) is 0 Å². The molecule has 1 heterocycles. The fourth-order valence-corrected chi connectivity index (χ4v) is 1.88. The Morgan fingerprint density at radius 3 is 2.24 bits per heavy atom. The first-order valence-electron chi connectivity index (χ1n) is 6.68. The van der Waals surface area contributed by atoms with Gasteiger partial charge < -0.3 is 5.73 Å². The van der Waals surface area contributed by atoms with Crippen molar-refractivity contribution in [3.8, 4) is 0 Å².